The van der Waals surface area contributed by atoms with Gasteiger partial charge in [0.25, 0.3) is 0 Å². The van der Waals surface area contributed by atoms with E-state index in [-0.39, 0.29) is 28.7 Å². The van der Waals surface area contributed by atoms with Gasteiger partial charge in [-0.15, -0.1) is 22.7 Å². The van der Waals surface area contributed by atoms with Crippen LogP contribution in [0.5, 0.6) is 11.8 Å². The summed E-state index contributed by atoms with van der Waals surface area (Å²) in [4.78, 5) is 37.4. The van der Waals surface area contributed by atoms with E-state index in [0.29, 0.717) is 81.3 Å². The van der Waals surface area contributed by atoms with Gasteiger partial charge in [0, 0.05) is 98.9 Å². The predicted octanol–water partition coefficient (Wildman–Crippen LogP) is 5.62. The number of anilines is 4. The molecule has 0 aromatic carbocycles. The summed E-state index contributed by atoms with van der Waals surface area (Å²) in [5.74, 6) is 1.63. The fourth-order valence-electron chi connectivity index (χ4n) is 8.00. The van der Waals surface area contributed by atoms with E-state index in [1.807, 2.05) is 5.38 Å². The molecule has 3 aliphatic heterocycles. The first-order chi connectivity index (χ1) is 32.4. The van der Waals surface area contributed by atoms with Gasteiger partial charge in [0.15, 0.2) is 0 Å². The number of fused-ring (bicyclic) bond motifs is 2. The molecule has 0 atom stereocenters. The second-order valence-electron chi connectivity index (χ2n) is 17.4. The Morgan fingerprint density at radius 3 is 1.59 bits per heavy atom. The number of halogens is 1. The SMILES string of the molecule is COc1ncc(-c2nc(N3CCOCC3)nc3c(Br)csc23)cc1NS(C)(=O)=O.COc1ncc(-c2nc(N3CCOCC3)nc3c(CN4CCN(C(C)(C)C)CC4)csc23)cc1NS(C)(=O)=O. The summed E-state index contributed by atoms with van der Waals surface area (Å²) in [6.07, 6.45) is 5.47. The fourth-order valence-corrected chi connectivity index (χ4v) is 11.7. The van der Waals surface area contributed by atoms with Gasteiger partial charge in [-0.3, -0.25) is 19.2 Å². The Hall–Kier alpha value is -4.60. The van der Waals surface area contributed by atoms with Crippen LogP contribution in [0.3, 0.4) is 0 Å². The van der Waals surface area contributed by atoms with Crippen LogP contribution in [0.25, 0.3) is 42.9 Å². The number of nitrogens with one attached hydrogen (secondary N) is 2. The van der Waals surface area contributed by atoms with Gasteiger partial charge in [-0.25, -0.2) is 46.7 Å². The molecule has 0 aliphatic carbocycles. The maximum Gasteiger partial charge on any atom is 0.238 e. The van der Waals surface area contributed by atoms with E-state index in [4.69, 9.17) is 38.9 Å². The number of sulfonamides is 2. The molecule has 68 heavy (non-hydrogen) atoms. The minimum atomic E-state index is -3.53. The zero-order valence-corrected chi connectivity index (χ0v) is 43.8. The maximum absolute atomic E-state index is 12.0. The standard InChI is InChI=1S/C26H37N7O4S2.C17H18BrN5O4S2/c1-26(2,3)33-8-6-31(7-9-33)16-19-17-38-23-21(28-25(29-22(19)23)32-10-12-37-13-11-32)18-14-20(30-39(5,34)35)24(36-4)27-15-18;1-26-16-12(22-29(2,24)25)7-10(8-19-16)13-15-14(11(18)9-28-15)21-17(20-13)23-3-5-27-6-4-23/h14-15,17,30H,6-13,16H2,1-5H3;7-9,22H,3-6H2,1-2H3. The van der Waals surface area contributed by atoms with Crippen molar-refractivity contribution in [2.45, 2.75) is 32.9 Å². The summed E-state index contributed by atoms with van der Waals surface area (Å²) in [7, 11) is -4.14. The Labute approximate surface area is 412 Å². The molecule has 6 aromatic heterocycles. The van der Waals surface area contributed by atoms with Crippen LogP contribution in [-0.2, 0) is 36.1 Å². The van der Waals surface area contributed by atoms with E-state index in [1.165, 1.54) is 31.1 Å². The van der Waals surface area contributed by atoms with Crippen LogP contribution >= 0.6 is 38.6 Å². The van der Waals surface area contributed by atoms with Crippen LogP contribution in [-0.4, -0.2) is 168 Å². The highest BCUT2D eigenvalue weighted by Crippen LogP contribution is 2.40. The van der Waals surface area contributed by atoms with Crippen molar-refractivity contribution in [2.75, 3.05) is 125 Å². The molecule has 3 saturated heterocycles. The number of thiophene rings is 2. The number of rotatable bonds is 12. The van der Waals surface area contributed by atoms with Crippen molar-refractivity contribution >= 4 is 102 Å². The van der Waals surface area contributed by atoms with Gasteiger partial charge in [0.05, 0.1) is 83.9 Å². The third kappa shape index (κ3) is 11.9. The monoisotopic (exact) mass is 1070 g/mol. The lowest BCUT2D eigenvalue weighted by atomic mass is 10.0. The van der Waals surface area contributed by atoms with Gasteiger partial charge < -0.3 is 28.7 Å². The number of pyridine rings is 2. The molecule has 3 fully saturated rings. The molecular weight excluding hydrogens is 1020 g/mol. The molecule has 0 saturated carbocycles. The number of methoxy groups -OCH3 is 2. The van der Waals surface area contributed by atoms with Crippen molar-refractivity contribution in [3.63, 3.8) is 0 Å². The number of ether oxygens (including phenoxy) is 4. The van der Waals surface area contributed by atoms with Crippen molar-refractivity contribution < 1.29 is 35.8 Å². The lowest BCUT2D eigenvalue weighted by molar-refractivity contribution is 0.0593. The number of nitrogens with zero attached hydrogens (tertiary/aromatic N) is 10. The first-order valence-corrected chi connectivity index (χ1v) is 28.1. The van der Waals surface area contributed by atoms with Crippen LogP contribution < -0.4 is 28.7 Å². The lowest BCUT2D eigenvalue weighted by Crippen LogP contribution is -2.53. The molecular formula is C43H55BrN12O8S4. The van der Waals surface area contributed by atoms with Gasteiger partial charge in [0.1, 0.15) is 16.9 Å². The number of piperazine rings is 1. The maximum atomic E-state index is 12.0. The van der Waals surface area contributed by atoms with Crippen LogP contribution in [0.1, 0.15) is 26.3 Å². The largest absolute Gasteiger partial charge is 0.480 e. The number of hydrogen-bond acceptors (Lipinski definition) is 20. The summed E-state index contributed by atoms with van der Waals surface area (Å²) >= 11 is 6.68. The first-order valence-electron chi connectivity index (χ1n) is 21.8. The molecule has 0 amide bonds. The predicted molar refractivity (Wildman–Crippen MR) is 272 cm³/mol. The van der Waals surface area contributed by atoms with E-state index in [1.54, 1.807) is 35.9 Å². The Kier molecular flexibility index (Phi) is 15.2. The van der Waals surface area contributed by atoms with E-state index in [9.17, 15) is 16.8 Å². The molecule has 0 bridgehead atoms. The highest BCUT2D eigenvalue weighted by molar-refractivity contribution is 9.10. The third-order valence-electron chi connectivity index (χ3n) is 11.4. The lowest BCUT2D eigenvalue weighted by Gasteiger charge is -2.42. The quantitative estimate of drug-likeness (QED) is 0.152. The highest BCUT2D eigenvalue weighted by atomic mass is 79.9. The van der Waals surface area contributed by atoms with E-state index in [2.05, 4.69) is 81.1 Å². The number of aromatic nitrogens is 6. The third-order valence-corrected chi connectivity index (χ3v) is 15.5. The molecule has 0 spiro atoms. The molecule has 2 N–H and O–H groups in total. The highest BCUT2D eigenvalue weighted by Gasteiger charge is 2.28. The van der Waals surface area contributed by atoms with Gasteiger partial charge >= 0.3 is 0 Å². The molecule has 3 aliphatic rings. The van der Waals surface area contributed by atoms with Crippen molar-refractivity contribution in [3.05, 3.63) is 45.3 Å². The summed E-state index contributed by atoms with van der Waals surface area (Å²) < 4.78 is 76.7. The average Bonchev–Trinajstić information content (AvgIpc) is 3.90. The van der Waals surface area contributed by atoms with Crippen LogP contribution in [0.4, 0.5) is 23.3 Å². The molecule has 25 heteroatoms. The summed E-state index contributed by atoms with van der Waals surface area (Å²) in [6, 6.07) is 3.40. The topological polar surface area (TPSA) is 220 Å². The summed E-state index contributed by atoms with van der Waals surface area (Å²) in [5, 5.41) is 4.13. The van der Waals surface area contributed by atoms with Gasteiger partial charge in [-0.2, -0.15) is 0 Å². The Bertz CT molecular complexity index is 2990. The van der Waals surface area contributed by atoms with Crippen LogP contribution in [0.2, 0.25) is 0 Å². The second-order valence-corrected chi connectivity index (χ2v) is 23.5. The van der Waals surface area contributed by atoms with Crippen LogP contribution in [0.15, 0.2) is 39.8 Å². The Morgan fingerprint density at radius 2 is 1.13 bits per heavy atom. The normalized spacial score (nSPS) is 16.7. The van der Waals surface area contributed by atoms with Crippen molar-refractivity contribution in [1.82, 2.24) is 39.7 Å². The minimum Gasteiger partial charge on any atom is -0.480 e. The van der Waals surface area contributed by atoms with Crippen molar-refractivity contribution in [3.8, 4) is 34.3 Å². The van der Waals surface area contributed by atoms with Crippen molar-refractivity contribution in [1.29, 1.82) is 0 Å². The summed E-state index contributed by atoms with van der Waals surface area (Å²) in [6.45, 7) is 17.0. The minimum absolute atomic E-state index is 0.174. The first kappa shape index (κ1) is 49.8. The average molecular weight is 1080 g/mol. The Morgan fingerprint density at radius 1 is 0.676 bits per heavy atom. The molecule has 20 nitrogen and oxygen atoms in total. The van der Waals surface area contributed by atoms with E-state index < -0.39 is 20.0 Å². The van der Waals surface area contributed by atoms with Gasteiger partial charge in [-0.1, -0.05) is 0 Å². The van der Waals surface area contributed by atoms with Gasteiger partial charge in [0.2, 0.25) is 43.7 Å². The number of hydrogen-bond donors (Lipinski definition) is 2. The molecule has 9 heterocycles. The molecule has 366 valence electrons. The molecule has 0 unspecified atom stereocenters. The molecule has 6 aromatic rings. The van der Waals surface area contributed by atoms with E-state index >= 15 is 0 Å². The Balaban J connectivity index is 0.000000192. The smallest absolute Gasteiger partial charge is 0.238 e. The van der Waals surface area contributed by atoms with Gasteiger partial charge in [-0.05, 0) is 54.2 Å². The molecule has 0 radical (unpaired) electrons. The molecule has 9 rings (SSSR count). The fraction of sp³-hybridized carbons (Fsp3) is 0.488. The van der Waals surface area contributed by atoms with Crippen molar-refractivity contribution in [2.24, 2.45) is 0 Å². The summed E-state index contributed by atoms with van der Waals surface area (Å²) in [5.41, 5.74) is 6.35. The number of morpholine rings is 2. The zero-order valence-electron chi connectivity index (χ0n) is 38.9. The van der Waals surface area contributed by atoms with Crippen LogP contribution in [0, 0.1) is 0 Å². The van der Waals surface area contributed by atoms with E-state index in [0.717, 1.165) is 75.8 Å². The zero-order chi connectivity index (χ0) is 48.4. The second kappa shape index (κ2) is 20.8.